The molecule has 0 amide bonds. The smallest absolute Gasteiger partial charge is 0.123 e. The first-order chi connectivity index (χ1) is 7.25. The fraction of sp³-hybridized carbons (Fsp3) is 0.385. The Hall–Kier alpha value is -1.15. The van der Waals surface area contributed by atoms with Crippen LogP contribution in [0.25, 0.3) is 5.57 Å². The Morgan fingerprint density at radius 2 is 1.87 bits per heavy atom. The number of hydrogen-bond donors (Lipinski definition) is 1. The summed E-state index contributed by atoms with van der Waals surface area (Å²) >= 11 is 0. The molecule has 0 spiro atoms. The molecule has 1 nitrogen and oxygen atoms in total. The van der Waals surface area contributed by atoms with Gasteiger partial charge in [-0.15, -0.1) is 0 Å². The van der Waals surface area contributed by atoms with Crippen molar-refractivity contribution in [3.05, 3.63) is 41.7 Å². The number of allylic oxidation sites excluding steroid dienone is 1. The van der Waals surface area contributed by atoms with Gasteiger partial charge in [0.15, 0.2) is 0 Å². The van der Waals surface area contributed by atoms with E-state index in [9.17, 15) is 4.39 Å². The quantitative estimate of drug-likeness (QED) is 0.749. The van der Waals surface area contributed by atoms with E-state index in [1.54, 1.807) is 0 Å². The van der Waals surface area contributed by atoms with E-state index in [0.717, 1.165) is 18.4 Å². The maximum absolute atomic E-state index is 12.8. The van der Waals surface area contributed by atoms with Crippen LogP contribution in [-0.2, 0) is 0 Å². The van der Waals surface area contributed by atoms with Crippen molar-refractivity contribution in [3.8, 4) is 0 Å². The van der Waals surface area contributed by atoms with Gasteiger partial charge in [-0.05, 0) is 42.5 Å². The number of nitrogens with two attached hydrogens (primary N) is 1. The maximum atomic E-state index is 12.8. The van der Waals surface area contributed by atoms with Crippen molar-refractivity contribution in [1.29, 1.82) is 0 Å². The Kier molecular flexibility index (Phi) is 3.17. The van der Waals surface area contributed by atoms with E-state index in [-0.39, 0.29) is 11.9 Å². The summed E-state index contributed by atoms with van der Waals surface area (Å²) in [5.74, 6) is -0.183. The van der Waals surface area contributed by atoms with Gasteiger partial charge in [0.1, 0.15) is 5.82 Å². The molecule has 1 unspecified atom stereocenters. The van der Waals surface area contributed by atoms with Crippen molar-refractivity contribution in [2.45, 2.75) is 31.7 Å². The van der Waals surface area contributed by atoms with E-state index in [1.807, 2.05) is 12.1 Å². The van der Waals surface area contributed by atoms with Crippen LogP contribution in [0.3, 0.4) is 0 Å². The van der Waals surface area contributed by atoms with E-state index in [2.05, 4.69) is 6.08 Å². The number of halogens is 1. The van der Waals surface area contributed by atoms with Gasteiger partial charge in [0.05, 0.1) is 0 Å². The molecule has 0 heterocycles. The van der Waals surface area contributed by atoms with Gasteiger partial charge in [-0.1, -0.05) is 24.6 Å². The lowest BCUT2D eigenvalue weighted by Crippen LogP contribution is -2.15. The second kappa shape index (κ2) is 4.58. The van der Waals surface area contributed by atoms with Crippen LogP contribution in [0.5, 0.6) is 0 Å². The normalized spacial score (nSPS) is 22.0. The molecule has 1 aliphatic carbocycles. The third kappa shape index (κ3) is 2.66. The number of rotatable bonds is 1. The summed E-state index contributed by atoms with van der Waals surface area (Å²) in [5, 5.41) is 0. The molecule has 1 atom stereocenters. The summed E-state index contributed by atoms with van der Waals surface area (Å²) in [6.45, 7) is 0. The number of benzene rings is 1. The average Bonchev–Trinajstić information content (AvgIpc) is 2.44. The van der Waals surface area contributed by atoms with Crippen LogP contribution in [0, 0.1) is 5.82 Å². The first kappa shape index (κ1) is 10.4. The van der Waals surface area contributed by atoms with Gasteiger partial charge in [-0.2, -0.15) is 0 Å². The molecule has 0 radical (unpaired) electrons. The zero-order valence-electron chi connectivity index (χ0n) is 8.75. The largest absolute Gasteiger partial charge is 0.324 e. The van der Waals surface area contributed by atoms with Gasteiger partial charge >= 0.3 is 0 Å². The molecule has 0 aromatic heterocycles. The third-order valence-corrected chi connectivity index (χ3v) is 2.86. The predicted octanol–water partition coefficient (Wildman–Crippen LogP) is 3.11. The number of hydrogen-bond acceptors (Lipinski definition) is 1. The highest BCUT2D eigenvalue weighted by Gasteiger charge is 2.09. The van der Waals surface area contributed by atoms with Crippen molar-refractivity contribution in [2.24, 2.45) is 5.73 Å². The van der Waals surface area contributed by atoms with Gasteiger partial charge < -0.3 is 5.73 Å². The topological polar surface area (TPSA) is 26.0 Å². The van der Waals surface area contributed by atoms with Crippen molar-refractivity contribution >= 4 is 5.57 Å². The summed E-state index contributed by atoms with van der Waals surface area (Å²) in [6, 6.07) is 6.84. The molecule has 0 fully saturated rings. The summed E-state index contributed by atoms with van der Waals surface area (Å²) < 4.78 is 12.8. The Labute approximate surface area is 89.8 Å². The molecule has 0 saturated carbocycles. The molecular weight excluding hydrogens is 189 g/mol. The molecule has 2 rings (SSSR count). The fourth-order valence-electron chi connectivity index (χ4n) is 2.03. The average molecular weight is 205 g/mol. The van der Waals surface area contributed by atoms with Gasteiger partial charge in [-0.25, -0.2) is 4.39 Å². The van der Waals surface area contributed by atoms with Crippen LogP contribution in [0.2, 0.25) is 0 Å². The summed E-state index contributed by atoms with van der Waals surface area (Å²) in [4.78, 5) is 0. The minimum atomic E-state index is -0.183. The van der Waals surface area contributed by atoms with Crippen molar-refractivity contribution < 1.29 is 4.39 Å². The molecule has 15 heavy (non-hydrogen) atoms. The second-order valence-electron chi connectivity index (χ2n) is 4.11. The highest BCUT2D eigenvalue weighted by Crippen LogP contribution is 2.25. The molecule has 2 heteroatoms. The second-order valence-corrected chi connectivity index (χ2v) is 4.11. The van der Waals surface area contributed by atoms with E-state index in [4.69, 9.17) is 5.73 Å². The molecule has 1 aromatic carbocycles. The van der Waals surface area contributed by atoms with E-state index >= 15 is 0 Å². The molecular formula is C13H16FN. The standard InChI is InChI=1S/C13H16FN/c14-12-7-5-10(6-8-12)11-3-1-2-4-13(15)9-11/h5-9,13H,1-4,15H2. The fourth-order valence-corrected chi connectivity index (χ4v) is 2.03. The van der Waals surface area contributed by atoms with Crippen LogP contribution in [0.15, 0.2) is 30.3 Å². The maximum Gasteiger partial charge on any atom is 0.123 e. The van der Waals surface area contributed by atoms with Crippen LogP contribution in [0.4, 0.5) is 4.39 Å². The predicted molar refractivity (Wildman–Crippen MR) is 60.8 cm³/mol. The first-order valence-corrected chi connectivity index (χ1v) is 5.48. The minimum absolute atomic E-state index is 0.160. The Morgan fingerprint density at radius 3 is 2.60 bits per heavy atom. The lowest BCUT2D eigenvalue weighted by atomic mass is 10.0. The highest BCUT2D eigenvalue weighted by molar-refractivity contribution is 5.66. The summed E-state index contributed by atoms with van der Waals surface area (Å²) in [5.41, 5.74) is 8.31. The molecule has 1 aromatic rings. The Morgan fingerprint density at radius 1 is 1.13 bits per heavy atom. The van der Waals surface area contributed by atoms with Crippen molar-refractivity contribution in [1.82, 2.24) is 0 Å². The summed E-state index contributed by atoms with van der Waals surface area (Å²) in [6.07, 6.45) is 6.60. The summed E-state index contributed by atoms with van der Waals surface area (Å²) in [7, 11) is 0. The van der Waals surface area contributed by atoms with Gasteiger partial charge in [0, 0.05) is 6.04 Å². The van der Waals surface area contributed by atoms with Gasteiger partial charge in [-0.3, -0.25) is 0 Å². The third-order valence-electron chi connectivity index (χ3n) is 2.86. The molecule has 0 aliphatic heterocycles. The van der Waals surface area contributed by atoms with Crippen LogP contribution in [-0.4, -0.2) is 6.04 Å². The molecule has 0 bridgehead atoms. The van der Waals surface area contributed by atoms with Gasteiger partial charge in [0.2, 0.25) is 0 Å². The van der Waals surface area contributed by atoms with Gasteiger partial charge in [0.25, 0.3) is 0 Å². The van der Waals surface area contributed by atoms with E-state index in [1.165, 1.54) is 30.5 Å². The SMILES string of the molecule is NC1C=C(c2ccc(F)cc2)CCCC1. The zero-order chi connectivity index (χ0) is 10.7. The first-order valence-electron chi connectivity index (χ1n) is 5.48. The van der Waals surface area contributed by atoms with Crippen LogP contribution >= 0.6 is 0 Å². The molecule has 0 saturated heterocycles. The van der Waals surface area contributed by atoms with E-state index in [0.29, 0.717) is 0 Å². The zero-order valence-corrected chi connectivity index (χ0v) is 8.75. The Balaban J connectivity index is 2.24. The lowest BCUT2D eigenvalue weighted by Gasteiger charge is -2.06. The Bertz CT molecular complexity index is 353. The molecule has 80 valence electrons. The minimum Gasteiger partial charge on any atom is -0.324 e. The van der Waals surface area contributed by atoms with Crippen LogP contribution < -0.4 is 5.73 Å². The highest BCUT2D eigenvalue weighted by atomic mass is 19.1. The van der Waals surface area contributed by atoms with Crippen molar-refractivity contribution in [3.63, 3.8) is 0 Å². The van der Waals surface area contributed by atoms with Crippen molar-refractivity contribution in [2.75, 3.05) is 0 Å². The van der Waals surface area contributed by atoms with E-state index < -0.39 is 0 Å². The lowest BCUT2D eigenvalue weighted by molar-refractivity contribution is 0.627. The van der Waals surface area contributed by atoms with Crippen LogP contribution in [0.1, 0.15) is 31.2 Å². The molecule has 2 N–H and O–H groups in total. The molecule has 1 aliphatic rings. The monoisotopic (exact) mass is 205 g/mol.